The fourth-order valence-electron chi connectivity index (χ4n) is 2.43. The molecule has 2 unspecified atom stereocenters. The van der Waals surface area contributed by atoms with Gasteiger partial charge in [-0.15, -0.1) is 0 Å². The summed E-state index contributed by atoms with van der Waals surface area (Å²) in [5.41, 5.74) is 3.08. The maximum atomic E-state index is 4.04. The lowest BCUT2D eigenvalue weighted by molar-refractivity contribution is 0.0886. The van der Waals surface area contributed by atoms with Gasteiger partial charge in [-0.2, -0.15) is 0 Å². The zero-order valence-corrected chi connectivity index (χ0v) is 7.44. The van der Waals surface area contributed by atoms with E-state index in [4.69, 9.17) is 0 Å². The Labute approximate surface area is 68.2 Å². The van der Waals surface area contributed by atoms with Gasteiger partial charge in [0.25, 0.3) is 0 Å². The van der Waals surface area contributed by atoms with Crippen LogP contribution < -0.4 is 5.32 Å². The van der Waals surface area contributed by atoms with Gasteiger partial charge in [0, 0.05) is 17.5 Å². The van der Waals surface area contributed by atoms with E-state index in [1.807, 2.05) is 0 Å². The van der Waals surface area contributed by atoms with Crippen molar-refractivity contribution in [2.45, 2.75) is 32.9 Å². The van der Waals surface area contributed by atoms with Crippen LogP contribution in [0.2, 0.25) is 0 Å². The highest BCUT2D eigenvalue weighted by Crippen LogP contribution is 2.45. The van der Waals surface area contributed by atoms with Crippen molar-refractivity contribution in [1.82, 2.24) is 5.32 Å². The Morgan fingerprint density at radius 3 is 2.45 bits per heavy atom. The third kappa shape index (κ3) is 0.694. The second kappa shape index (κ2) is 1.78. The predicted molar refractivity (Wildman–Crippen MR) is 47.4 cm³/mol. The zero-order chi connectivity index (χ0) is 8.22. The summed E-state index contributed by atoms with van der Waals surface area (Å²) in [7, 11) is 0. The van der Waals surface area contributed by atoms with E-state index in [2.05, 4.69) is 38.7 Å². The van der Waals surface area contributed by atoms with Crippen molar-refractivity contribution >= 4 is 0 Å². The number of hydrogen-bond donors (Lipinski definition) is 1. The fraction of sp³-hybridized carbons (Fsp3) is 0.600. The van der Waals surface area contributed by atoms with Crippen LogP contribution >= 0.6 is 0 Å². The topological polar surface area (TPSA) is 12.0 Å². The molecule has 2 heterocycles. The molecule has 60 valence electrons. The van der Waals surface area contributed by atoms with Crippen LogP contribution in [0, 0.1) is 5.41 Å². The molecule has 0 saturated carbocycles. The van der Waals surface area contributed by atoms with Crippen LogP contribution in [-0.2, 0) is 0 Å². The van der Waals surface area contributed by atoms with Crippen molar-refractivity contribution in [3.63, 3.8) is 0 Å². The van der Waals surface area contributed by atoms with E-state index in [0.717, 1.165) is 0 Å². The summed E-state index contributed by atoms with van der Waals surface area (Å²) >= 11 is 0. The van der Waals surface area contributed by atoms with E-state index >= 15 is 0 Å². The monoisotopic (exact) mass is 149 g/mol. The normalized spacial score (nSPS) is 39.5. The summed E-state index contributed by atoms with van der Waals surface area (Å²) in [5.74, 6) is 0. The van der Waals surface area contributed by atoms with Crippen LogP contribution in [0.4, 0.5) is 0 Å². The maximum Gasteiger partial charge on any atom is 0.0389 e. The predicted octanol–water partition coefficient (Wildman–Crippen LogP) is 1.87. The lowest BCUT2D eigenvalue weighted by Crippen LogP contribution is -2.70. The van der Waals surface area contributed by atoms with Gasteiger partial charge in [-0.3, -0.25) is 0 Å². The van der Waals surface area contributed by atoms with Gasteiger partial charge in [-0.1, -0.05) is 32.1 Å². The Balaban J connectivity index is 2.42. The first kappa shape index (κ1) is 7.11. The van der Waals surface area contributed by atoms with Crippen molar-refractivity contribution in [3.8, 4) is 0 Å². The molecule has 1 N–H and O–H groups in total. The first-order valence-electron chi connectivity index (χ1n) is 4.16. The van der Waals surface area contributed by atoms with Gasteiger partial charge in [0.15, 0.2) is 0 Å². The van der Waals surface area contributed by atoms with E-state index in [1.165, 1.54) is 11.1 Å². The molecule has 0 radical (unpaired) electrons. The molecule has 0 aromatic heterocycles. The third-order valence-corrected chi connectivity index (χ3v) is 3.06. The zero-order valence-electron chi connectivity index (χ0n) is 7.44. The summed E-state index contributed by atoms with van der Waals surface area (Å²) in [6.45, 7) is 10.8. The molecule has 3 rings (SSSR count). The van der Waals surface area contributed by atoms with Gasteiger partial charge in [0.05, 0.1) is 0 Å². The van der Waals surface area contributed by atoms with Gasteiger partial charge in [-0.25, -0.2) is 0 Å². The quantitative estimate of drug-likeness (QED) is 0.554. The Kier molecular flexibility index (Phi) is 1.15. The molecule has 0 amide bonds. The van der Waals surface area contributed by atoms with Crippen molar-refractivity contribution < 1.29 is 0 Å². The molecular weight excluding hydrogens is 134 g/mol. The molecule has 1 aliphatic carbocycles. The Hall–Kier alpha value is -0.560. The van der Waals surface area contributed by atoms with Gasteiger partial charge >= 0.3 is 0 Å². The summed E-state index contributed by atoms with van der Waals surface area (Å²) in [5, 5.41) is 3.50. The van der Waals surface area contributed by atoms with Crippen LogP contribution in [0.5, 0.6) is 0 Å². The van der Waals surface area contributed by atoms with Crippen LogP contribution in [-0.4, -0.2) is 12.1 Å². The highest BCUT2D eigenvalue weighted by molar-refractivity contribution is 5.42. The third-order valence-electron chi connectivity index (χ3n) is 3.06. The summed E-state index contributed by atoms with van der Waals surface area (Å²) in [4.78, 5) is 0. The molecule has 1 heteroatoms. The highest BCUT2D eigenvalue weighted by Gasteiger charge is 2.51. The highest BCUT2D eigenvalue weighted by atomic mass is 15.1. The fourth-order valence-corrected chi connectivity index (χ4v) is 2.43. The van der Waals surface area contributed by atoms with Crippen molar-refractivity contribution in [1.29, 1.82) is 0 Å². The Morgan fingerprint density at radius 1 is 1.45 bits per heavy atom. The largest absolute Gasteiger partial charge is 0.302 e. The molecule has 0 aromatic rings. The summed E-state index contributed by atoms with van der Waals surface area (Å²) in [6, 6.07) is 1.12. The second-order valence-electron chi connectivity index (χ2n) is 4.32. The average Bonchev–Trinajstić information content (AvgIpc) is 1.84. The number of rotatable bonds is 0. The molecule has 0 aromatic carbocycles. The van der Waals surface area contributed by atoms with E-state index in [9.17, 15) is 0 Å². The number of hydrogen-bond acceptors (Lipinski definition) is 1. The molecule has 11 heavy (non-hydrogen) atoms. The van der Waals surface area contributed by atoms with E-state index in [1.54, 1.807) is 0 Å². The lowest BCUT2D eigenvalue weighted by Gasteiger charge is -2.57. The lowest BCUT2D eigenvalue weighted by atomic mass is 9.61. The average molecular weight is 149 g/mol. The van der Waals surface area contributed by atoms with Crippen LogP contribution in [0.25, 0.3) is 0 Å². The minimum Gasteiger partial charge on any atom is -0.302 e. The number of fused-ring (bicyclic) bond motifs is 1. The first-order chi connectivity index (χ1) is 5.03. The molecule has 0 spiro atoms. The molecule has 1 saturated heterocycles. The Bertz CT molecular complexity index is 248. The minimum atomic E-state index is 0.399. The van der Waals surface area contributed by atoms with Crippen molar-refractivity contribution in [2.75, 3.05) is 0 Å². The second-order valence-corrected chi connectivity index (χ2v) is 4.32. The van der Waals surface area contributed by atoms with Gasteiger partial charge in [-0.05, 0) is 12.5 Å². The molecule has 2 bridgehead atoms. The first-order valence-corrected chi connectivity index (χ1v) is 4.16. The van der Waals surface area contributed by atoms with E-state index in [0.29, 0.717) is 17.5 Å². The summed E-state index contributed by atoms with van der Waals surface area (Å²) < 4.78 is 0. The van der Waals surface area contributed by atoms with Gasteiger partial charge in [0.1, 0.15) is 0 Å². The van der Waals surface area contributed by atoms with Crippen molar-refractivity contribution in [2.24, 2.45) is 5.41 Å². The van der Waals surface area contributed by atoms with Crippen LogP contribution in [0.3, 0.4) is 0 Å². The van der Waals surface area contributed by atoms with Crippen LogP contribution in [0.15, 0.2) is 23.8 Å². The Morgan fingerprint density at radius 2 is 2.09 bits per heavy atom. The molecule has 1 fully saturated rings. The van der Waals surface area contributed by atoms with E-state index < -0.39 is 0 Å². The standard InChI is InChI=1S/C10H15N/c1-6-5-7(2)9-10(3,4)8(6)11-9/h5,8-9,11H,1H2,2-4H3. The molecule has 2 atom stereocenters. The molecule has 1 nitrogen and oxygen atoms in total. The van der Waals surface area contributed by atoms with Gasteiger partial charge < -0.3 is 5.32 Å². The molecule has 3 aliphatic rings. The summed E-state index contributed by atoms with van der Waals surface area (Å²) in [6.07, 6.45) is 2.22. The molecule has 2 aliphatic heterocycles. The van der Waals surface area contributed by atoms with Gasteiger partial charge in [0.2, 0.25) is 0 Å². The molecular formula is C10H15N. The van der Waals surface area contributed by atoms with Crippen LogP contribution in [0.1, 0.15) is 20.8 Å². The maximum absolute atomic E-state index is 4.04. The minimum absolute atomic E-state index is 0.399. The van der Waals surface area contributed by atoms with E-state index in [-0.39, 0.29) is 0 Å². The smallest absolute Gasteiger partial charge is 0.0389 e. The van der Waals surface area contributed by atoms with Crippen molar-refractivity contribution in [3.05, 3.63) is 23.8 Å². The SMILES string of the molecule is C=C1C=C(C)C2NC1C2(C)C. The number of nitrogens with one attached hydrogen (secondary N) is 1.